The molecule has 2 aliphatic heterocycles. The first kappa shape index (κ1) is 16.7. The third-order valence-electron chi connectivity index (χ3n) is 5.21. The molecule has 0 aromatic carbocycles. The van der Waals surface area contributed by atoms with Crippen molar-refractivity contribution in [3.63, 3.8) is 0 Å². The van der Waals surface area contributed by atoms with E-state index in [1.807, 2.05) is 0 Å². The predicted molar refractivity (Wildman–Crippen MR) is 86.3 cm³/mol. The Kier molecular flexibility index (Phi) is 6.02. The van der Waals surface area contributed by atoms with Crippen LogP contribution in [0.5, 0.6) is 0 Å². The minimum atomic E-state index is -0.268. The topological polar surface area (TPSA) is 47.6 Å². The Morgan fingerprint density at radius 1 is 1.29 bits per heavy atom. The smallest absolute Gasteiger partial charge is 0.226 e. The summed E-state index contributed by atoms with van der Waals surface area (Å²) < 4.78 is 0. The van der Waals surface area contributed by atoms with E-state index in [0.717, 1.165) is 58.8 Å². The molecule has 0 radical (unpaired) electrons. The lowest BCUT2D eigenvalue weighted by molar-refractivity contribution is -0.132. The zero-order valence-corrected chi connectivity index (χ0v) is 14.0. The largest absolute Gasteiger partial charge is 0.354 e. The second kappa shape index (κ2) is 7.56. The number of carbonyl (C=O) groups is 1. The van der Waals surface area contributed by atoms with E-state index in [9.17, 15) is 4.79 Å². The fourth-order valence-electron chi connectivity index (χ4n) is 3.28. The summed E-state index contributed by atoms with van der Waals surface area (Å²) in [6.07, 6.45) is 2.34. The van der Waals surface area contributed by atoms with Gasteiger partial charge in [-0.05, 0) is 38.9 Å². The molecule has 2 saturated heterocycles. The van der Waals surface area contributed by atoms with Gasteiger partial charge in [0.25, 0.3) is 0 Å². The van der Waals surface area contributed by atoms with Gasteiger partial charge in [0.15, 0.2) is 0 Å². The molecule has 5 nitrogen and oxygen atoms in total. The quantitative estimate of drug-likeness (QED) is 0.770. The monoisotopic (exact) mass is 296 g/mol. The predicted octanol–water partition coefficient (Wildman–Crippen LogP) is 0.376. The fraction of sp³-hybridized carbons (Fsp3) is 0.938. The summed E-state index contributed by atoms with van der Waals surface area (Å²) in [6, 6.07) is 0. The molecule has 21 heavy (non-hydrogen) atoms. The number of amides is 1. The highest BCUT2D eigenvalue weighted by atomic mass is 16.2. The molecule has 0 bridgehead atoms. The van der Waals surface area contributed by atoms with Gasteiger partial charge in [0.05, 0.1) is 0 Å². The summed E-state index contributed by atoms with van der Waals surface area (Å²) >= 11 is 0. The van der Waals surface area contributed by atoms with Gasteiger partial charge in [0, 0.05) is 44.7 Å². The van der Waals surface area contributed by atoms with Gasteiger partial charge >= 0.3 is 0 Å². The third-order valence-corrected chi connectivity index (χ3v) is 5.21. The van der Waals surface area contributed by atoms with E-state index in [0.29, 0.717) is 5.92 Å². The first-order valence-corrected chi connectivity index (χ1v) is 8.40. The molecule has 0 aliphatic carbocycles. The number of likely N-dealkylation sites (N-methyl/N-ethyl adjacent to an activating group) is 1. The van der Waals surface area contributed by atoms with Crippen LogP contribution in [0.4, 0.5) is 0 Å². The lowest BCUT2D eigenvalue weighted by atomic mass is 9.74. The van der Waals surface area contributed by atoms with Gasteiger partial charge in [-0.1, -0.05) is 13.8 Å². The lowest BCUT2D eigenvalue weighted by Crippen LogP contribution is -2.50. The first-order chi connectivity index (χ1) is 10.00. The lowest BCUT2D eigenvalue weighted by Gasteiger charge is -2.36. The van der Waals surface area contributed by atoms with E-state index in [1.54, 1.807) is 0 Å². The summed E-state index contributed by atoms with van der Waals surface area (Å²) in [7, 11) is 2.17. The second-order valence-corrected chi connectivity index (χ2v) is 7.17. The Hall–Kier alpha value is -0.650. The molecule has 2 N–H and O–H groups in total. The molecule has 0 aromatic rings. The van der Waals surface area contributed by atoms with Crippen LogP contribution in [0, 0.1) is 11.3 Å². The van der Waals surface area contributed by atoms with Gasteiger partial charge in [-0.3, -0.25) is 9.69 Å². The number of nitrogens with one attached hydrogen (secondary N) is 2. The molecular formula is C16H32N4O. The average Bonchev–Trinajstić information content (AvgIpc) is 2.50. The molecular weight excluding hydrogens is 264 g/mol. The van der Waals surface area contributed by atoms with Crippen LogP contribution in [0.1, 0.15) is 26.7 Å². The van der Waals surface area contributed by atoms with Crippen molar-refractivity contribution in [2.24, 2.45) is 11.3 Å². The summed E-state index contributed by atoms with van der Waals surface area (Å²) in [5.41, 5.74) is -0.268. The van der Waals surface area contributed by atoms with Gasteiger partial charge in [0.2, 0.25) is 5.91 Å². The Labute approximate surface area is 129 Å². The van der Waals surface area contributed by atoms with E-state index in [1.165, 1.54) is 6.42 Å². The number of hydrogen-bond donors (Lipinski definition) is 2. The van der Waals surface area contributed by atoms with Gasteiger partial charge in [0.1, 0.15) is 0 Å². The molecule has 1 amide bonds. The molecule has 5 heteroatoms. The summed E-state index contributed by atoms with van der Waals surface area (Å²) in [5, 5.41) is 6.57. The molecule has 2 fully saturated rings. The number of hydrogen-bond acceptors (Lipinski definition) is 4. The van der Waals surface area contributed by atoms with E-state index >= 15 is 0 Å². The van der Waals surface area contributed by atoms with Crippen LogP contribution < -0.4 is 10.6 Å². The second-order valence-electron chi connectivity index (χ2n) is 7.17. The van der Waals surface area contributed by atoms with E-state index < -0.39 is 0 Å². The van der Waals surface area contributed by atoms with Gasteiger partial charge in [-0.2, -0.15) is 0 Å². The fourth-order valence-corrected chi connectivity index (χ4v) is 3.28. The van der Waals surface area contributed by atoms with E-state index in [-0.39, 0.29) is 11.3 Å². The summed E-state index contributed by atoms with van der Waals surface area (Å²) in [5.74, 6) is 0.667. The minimum Gasteiger partial charge on any atom is -0.354 e. The number of piperazine rings is 1. The van der Waals surface area contributed by atoms with Crippen LogP contribution in [-0.4, -0.2) is 75.1 Å². The van der Waals surface area contributed by atoms with Crippen LogP contribution in [-0.2, 0) is 4.79 Å². The Bertz CT molecular complexity index is 331. The van der Waals surface area contributed by atoms with Crippen LogP contribution in [0.2, 0.25) is 0 Å². The highest BCUT2D eigenvalue weighted by molar-refractivity contribution is 5.82. The summed E-state index contributed by atoms with van der Waals surface area (Å²) in [4.78, 5) is 17.3. The Morgan fingerprint density at radius 3 is 2.62 bits per heavy atom. The third kappa shape index (κ3) is 4.66. The maximum absolute atomic E-state index is 12.5. The van der Waals surface area contributed by atoms with Crippen LogP contribution >= 0.6 is 0 Å². The van der Waals surface area contributed by atoms with Crippen molar-refractivity contribution >= 4 is 5.91 Å². The van der Waals surface area contributed by atoms with Crippen LogP contribution in [0.25, 0.3) is 0 Å². The van der Waals surface area contributed by atoms with Gasteiger partial charge in [-0.15, -0.1) is 0 Å². The average molecular weight is 296 g/mol. The maximum atomic E-state index is 12.5. The van der Waals surface area contributed by atoms with Crippen molar-refractivity contribution in [2.75, 3.05) is 59.4 Å². The molecule has 2 aliphatic rings. The Balaban J connectivity index is 1.70. The van der Waals surface area contributed by atoms with Crippen molar-refractivity contribution in [3.05, 3.63) is 0 Å². The van der Waals surface area contributed by atoms with Crippen molar-refractivity contribution in [2.45, 2.75) is 26.7 Å². The number of nitrogens with zero attached hydrogens (tertiary/aromatic N) is 2. The summed E-state index contributed by atoms with van der Waals surface area (Å²) in [6.45, 7) is 12.5. The highest BCUT2D eigenvalue weighted by Crippen LogP contribution is 2.31. The Morgan fingerprint density at radius 2 is 2.00 bits per heavy atom. The van der Waals surface area contributed by atoms with Crippen molar-refractivity contribution in [1.82, 2.24) is 20.4 Å². The van der Waals surface area contributed by atoms with Crippen molar-refractivity contribution in [3.8, 4) is 0 Å². The molecule has 2 rings (SSSR count). The molecule has 0 saturated carbocycles. The molecule has 2 heterocycles. The zero-order valence-electron chi connectivity index (χ0n) is 14.0. The van der Waals surface area contributed by atoms with Crippen LogP contribution in [0.15, 0.2) is 0 Å². The SMILES string of the molecule is CN1CCN(CCNC(=O)C(C)(C)C2CCCNC2)CC1. The number of piperidine rings is 1. The molecule has 1 unspecified atom stereocenters. The zero-order chi connectivity index (χ0) is 15.3. The number of rotatable bonds is 5. The van der Waals surface area contributed by atoms with Crippen molar-refractivity contribution in [1.29, 1.82) is 0 Å². The normalized spacial score (nSPS) is 25.8. The van der Waals surface area contributed by atoms with Crippen LogP contribution in [0.3, 0.4) is 0 Å². The van der Waals surface area contributed by atoms with Gasteiger partial charge < -0.3 is 15.5 Å². The molecule has 0 aromatic heterocycles. The maximum Gasteiger partial charge on any atom is 0.226 e. The van der Waals surface area contributed by atoms with Gasteiger partial charge in [-0.25, -0.2) is 0 Å². The molecule has 0 spiro atoms. The standard InChI is InChI=1S/C16H32N4O/c1-16(2,14-5-4-6-17-13-14)15(21)18-7-8-20-11-9-19(3)10-12-20/h14,17H,4-13H2,1-3H3,(H,18,21). The molecule has 122 valence electrons. The van der Waals surface area contributed by atoms with Crippen molar-refractivity contribution < 1.29 is 4.79 Å². The first-order valence-electron chi connectivity index (χ1n) is 8.40. The number of carbonyl (C=O) groups excluding carboxylic acids is 1. The molecule has 1 atom stereocenters. The van der Waals surface area contributed by atoms with E-state index in [4.69, 9.17) is 0 Å². The minimum absolute atomic E-state index is 0.213. The van der Waals surface area contributed by atoms with E-state index in [2.05, 4.69) is 41.3 Å². The highest BCUT2D eigenvalue weighted by Gasteiger charge is 2.36.